The molecule has 12 nitrogen and oxygen atoms in total. The van der Waals surface area contributed by atoms with E-state index in [0.717, 1.165) is 12.8 Å². The number of carbonyl (C=O) groups is 6. The topological polar surface area (TPSA) is 180 Å². The molecule has 6 N–H and O–H groups in total. The fourth-order valence-electron chi connectivity index (χ4n) is 6.86. The highest BCUT2D eigenvalue weighted by Crippen LogP contribution is 2.65. The molecule has 1 aliphatic heterocycles. The number of nitrogens with one attached hydrogen (secondary N) is 4. The predicted molar refractivity (Wildman–Crippen MR) is 166 cm³/mol. The normalized spacial score (nSPS) is 24.9. The van der Waals surface area contributed by atoms with Crippen LogP contribution in [0.1, 0.15) is 94.9 Å². The van der Waals surface area contributed by atoms with Gasteiger partial charge in [-0.25, -0.2) is 4.79 Å². The number of primary amides is 1. The molecule has 0 spiro atoms. The highest BCUT2D eigenvalue weighted by molar-refractivity contribution is 6.37. The smallest absolute Gasteiger partial charge is 0.316 e. The fourth-order valence-corrected chi connectivity index (χ4v) is 6.86. The van der Waals surface area contributed by atoms with Crippen molar-refractivity contribution >= 4 is 35.4 Å². The Labute approximate surface area is 261 Å². The zero-order valence-corrected chi connectivity index (χ0v) is 28.1. The lowest BCUT2D eigenvalue weighted by Gasteiger charge is -2.40. The summed E-state index contributed by atoms with van der Waals surface area (Å²) in [5.41, 5.74) is 3.14. The summed E-state index contributed by atoms with van der Waals surface area (Å²) in [7, 11) is 0. The van der Waals surface area contributed by atoms with E-state index < -0.39 is 58.6 Å². The molecule has 3 aliphatic rings. The Balaban J connectivity index is 1.86. The van der Waals surface area contributed by atoms with Gasteiger partial charge in [-0.2, -0.15) is 0 Å². The molecular formula is C32H54N6O6. The number of Topliss-reactive ketones (excluding diaryl/α,β-unsaturated/α-hetero) is 1. The van der Waals surface area contributed by atoms with Gasteiger partial charge < -0.3 is 31.9 Å². The number of urea groups is 1. The zero-order chi connectivity index (χ0) is 33.5. The minimum Gasteiger partial charge on any atom is -0.363 e. The Morgan fingerprint density at radius 3 is 2.00 bits per heavy atom. The van der Waals surface area contributed by atoms with Crippen LogP contribution in [0.5, 0.6) is 0 Å². The number of ketones is 1. The Morgan fingerprint density at radius 2 is 1.55 bits per heavy atom. The second kappa shape index (κ2) is 12.7. The van der Waals surface area contributed by atoms with E-state index >= 15 is 0 Å². The van der Waals surface area contributed by atoms with Crippen molar-refractivity contribution in [3.05, 3.63) is 0 Å². The van der Waals surface area contributed by atoms with Crippen LogP contribution in [0.25, 0.3) is 0 Å². The number of piperidine rings is 1. The van der Waals surface area contributed by atoms with Crippen molar-refractivity contribution in [1.82, 2.24) is 26.2 Å². The molecule has 6 amide bonds. The standard InChI is InChI=1S/C32H54N6O6/c1-11-32(16(2)3,28(43)34-17(4)5)37-29(44)36-24(30(6,7)8)27(42)38-15-19-21(31(19,9)10)22(38)26(41)35-20(14-18-12-13-18)23(39)25(33)40/h16-22,24H,11-15H2,1-10H3,(H2,33,40)(H,34,43)(H,35,41)(H2,36,37,44)/t19-,20?,21-,22-,24+,32?/m0/s1. The summed E-state index contributed by atoms with van der Waals surface area (Å²) in [5.74, 6) is -3.24. The van der Waals surface area contributed by atoms with E-state index in [9.17, 15) is 28.8 Å². The number of amides is 6. The summed E-state index contributed by atoms with van der Waals surface area (Å²) in [6.45, 7) is 19.1. The minimum absolute atomic E-state index is 0.0683. The molecule has 44 heavy (non-hydrogen) atoms. The van der Waals surface area contributed by atoms with E-state index in [1.54, 1.807) is 0 Å². The van der Waals surface area contributed by atoms with Gasteiger partial charge in [0.05, 0.1) is 6.04 Å². The largest absolute Gasteiger partial charge is 0.363 e. The summed E-state index contributed by atoms with van der Waals surface area (Å²) in [4.78, 5) is 80.7. The van der Waals surface area contributed by atoms with Gasteiger partial charge in [-0.3, -0.25) is 24.0 Å². The molecule has 1 heterocycles. The van der Waals surface area contributed by atoms with E-state index in [1.165, 1.54) is 4.90 Å². The highest BCUT2D eigenvalue weighted by Gasteiger charge is 2.70. The number of carbonyl (C=O) groups excluding carboxylic acids is 6. The molecule has 1 saturated heterocycles. The first-order valence-corrected chi connectivity index (χ1v) is 16.0. The summed E-state index contributed by atoms with van der Waals surface area (Å²) in [5, 5.41) is 11.4. The molecular weight excluding hydrogens is 564 g/mol. The molecule has 3 rings (SSSR count). The summed E-state index contributed by atoms with van der Waals surface area (Å²) < 4.78 is 0. The maximum Gasteiger partial charge on any atom is 0.316 e. The molecule has 0 radical (unpaired) electrons. The zero-order valence-electron chi connectivity index (χ0n) is 28.1. The van der Waals surface area contributed by atoms with E-state index in [1.807, 2.05) is 69.2 Å². The van der Waals surface area contributed by atoms with Crippen LogP contribution >= 0.6 is 0 Å². The molecule has 0 aromatic rings. The molecule has 2 unspecified atom stereocenters. The third-order valence-corrected chi connectivity index (χ3v) is 10.00. The van der Waals surface area contributed by atoms with Crippen molar-refractivity contribution in [1.29, 1.82) is 0 Å². The van der Waals surface area contributed by atoms with Crippen molar-refractivity contribution in [2.45, 2.75) is 125 Å². The fraction of sp³-hybridized carbons (Fsp3) is 0.812. The molecule has 0 aromatic heterocycles. The summed E-state index contributed by atoms with van der Waals surface area (Å²) >= 11 is 0. The van der Waals surface area contributed by atoms with Crippen molar-refractivity contribution in [2.75, 3.05) is 6.54 Å². The number of fused-ring (bicyclic) bond motifs is 1. The van der Waals surface area contributed by atoms with E-state index in [-0.39, 0.29) is 41.0 Å². The molecule has 12 heteroatoms. The molecule has 2 saturated carbocycles. The van der Waals surface area contributed by atoms with Crippen LogP contribution in [-0.4, -0.2) is 76.6 Å². The Kier molecular flexibility index (Phi) is 10.2. The van der Waals surface area contributed by atoms with Crippen molar-refractivity contribution in [3.63, 3.8) is 0 Å². The van der Waals surface area contributed by atoms with Gasteiger partial charge in [-0.1, -0.05) is 68.2 Å². The number of hydrogen-bond donors (Lipinski definition) is 5. The van der Waals surface area contributed by atoms with Crippen LogP contribution < -0.4 is 27.0 Å². The van der Waals surface area contributed by atoms with Gasteiger partial charge in [0.25, 0.3) is 5.91 Å². The van der Waals surface area contributed by atoms with Gasteiger partial charge in [0.2, 0.25) is 23.5 Å². The number of rotatable bonds is 13. The Bertz CT molecular complexity index is 1170. The summed E-state index contributed by atoms with van der Waals surface area (Å²) in [6.07, 6.45) is 2.50. The first-order valence-electron chi connectivity index (χ1n) is 16.0. The highest BCUT2D eigenvalue weighted by atomic mass is 16.2. The number of nitrogens with zero attached hydrogens (tertiary/aromatic N) is 1. The van der Waals surface area contributed by atoms with Gasteiger partial charge >= 0.3 is 6.03 Å². The third-order valence-electron chi connectivity index (χ3n) is 10.00. The van der Waals surface area contributed by atoms with Gasteiger partial charge in [-0.05, 0) is 61.2 Å². The average molecular weight is 619 g/mol. The van der Waals surface area contributed by atoms with E-state index in [2.05, 4.69) is 21.3 Å². The monoisotopic (exact) mass is 618 g/mol. The lowest BCUT2D eigenvalue weighted by Crippen LogP contribution is -2.67. The maximum absolute atomic E-state index is 14.3. The maximum atomic E-state index is 14.3. The predicted octanol–water partition coefficient (Wildman–Crippen LogP) is 1.85. The lowest BCUT2D eigenvalue weighted by atomic mass is 9.82. The second-order valence-corrected chi connectivity index (χ2v) is 15.4. The number of nitrogens with two attached hydrogens (primary N) is 1. The summed E-state index contributed by atoms with van der Waals surface area (Å²) in [6, 6.07) is -3.72. The van der Waals surface area contributed by atoms with Crippen molar-refractivity contribution in [2.24, 2.45) is 40.2 Å². The van der Waals surface area contributed by atoms with E-state index in [0.29, 0.717) is 19.4 Å². The van der Waals surface area contributed by atoms with Crippen LogP contribution in [-0.2, 0) is 24.0 Å². The molecule has 248 valence electrons. The molecule has 3 fully saturated rings. The first-order chi connectivity index (χ1) is 20.2. The third kappa shape index (κ3) is 7.20. The quantitative estimate of drug-likeness (QED) is 0.197. The van der Waals surface area contributed by atoms with Gasteiger partial charge in [0.15, 0.2) is 0 Å². The van der Waals surface area contributed by atoms with Crippen LogP contribution in [0.3, 0.4) is 0 Å². The molecule has 2 aliphatic carbocycles. The Hall–Kier alpha value is -3.18. The van der Waals surface area contributed by atoms with Crippen LogP contribution in [0, 0.1) is 34.5 Å². The van der Waals surface area contributed by atoms with Crippen LogP contribution in [0.15, 0.2) is 0 Å². The lowest BCUT2D eigenvalue weighted by molar-refractivity contribution is -0.145. The molecule has 0 bridgehead atoms. The van der Waals surface area contributed by atoms with Gasteiger partial charge in [0, 0.05) is 12.6 Å². The van der Waals surface area contributed by atoms with Crippen LogP contribution in [0.2, 0.25) is 0 Å². The Morgan fingerprint density at radius 1 is 0.955 bits per heavy atom. The molecule has 6 atom stereocenters. The number of likely N-dealkylation sites (tertiary alicyclic amines) is 1. The minimum atomic E-state index is -1.20. The van der Waals surface area contributed by atoms with Gasteiger partial charge in [-0.15, -0.1) is 0 Å². The van der Waals surface area contributed by atoms with E-state index in [4.69, 9.17) is 5.73 Å². The SMILES string of the molecule is CCC(NC(=O)N[C@H](C(=O)N1C[C@H]2[C@@H]([C@H]1C(=O)NC(CC1CC1)C(=O)C(N)=O)C2(C)C)C(C)(C)C)(C(=O)NC(C)C)C(C)C. The number of hydrogen-bond acceptors (Lipinski definition) is 6. The van der Waals surface area contributed by atoms with Crippen molar-refractivity contribution < 1.29 is 28.8 Å². The first kappa shape index (κ1) is 35.3. The van der Waals surface area contributed by atoms with Crippen molar-refractivity contribution in [3.8, 4) is 0 Å². The molecule has 0 aromatic carbocycles. The van der Waals surface area contributed by atoms with Gasteiger partial charge in [0.1, 0.15) is 17.6 Å². The van der Waals surface area contributed by atoms with Crippen LogP contribution in [0.4, 0.5) is 4.79 Å². The second-order valence-electron chi connectivity index (χ2n) is 15.4. The average Bonchev–Trinajstić information content (AvgIpc) is 3.75.